The molecule has 0 aliphatic rings. The van der Waals surface area contributed by atoms with Gasteiger partial charge in [0.2, 0.25) is 0 Å². The molecule has 0 aliphatic carbocycles. The lowest BCUT2D eigenvalue weighted by Crippen LogP contribution is -2.43. The molecule has 5 heteroatoms. The monoisotopic (exact) mass is 1100 g/mol. The predicted octanol–water partition coefficient (Wildman–Crippen LogP) is 19.7. The first-order valence-electron chi connectivity index (χ1n) is 29.6. The molecule has 0 bridgehead atoms. The second-order valence-corrected chi connectivity index (χ2v) is 26.4. The maximum absolute atomic E-state index is 7.47. The highest BCUT2D eigenvalue weighted by atomic mass is 16.5. The van der Waals surface area contributed by atoms with Crippen LogP contribution < -0.4 is 9.30 Å². The van der Waals surface area contributed by atoms with Crippen molar-refractivity contribution in [3.63, 3.8) is 0 Å². The number of fused-ring (bicyclic) bond motifs is 3. The highest BCUT2D eigenvalue weighted by Crippen LogP contribution is 2.46. The first kappa shape index (κ1) is 55.5. The average molecular weight is 1100 g/mol. The minimum Gasteiger partial charge on any atom is -0.458 e. The van der Waals surface area contributed by atoms with E-state index in [4.69, 9.17) is 9.72 Å². The quantitative estimate of drug-likeness (QED) is 0.0852. The van der Waals surface area contributed by atoms with Gasteiger partial charge in [0, 0.05) is 39.3 Å². The van der Waals surface area contributed by atoms with Crippen molar-refractivity contribution in [3.8, 4) is 50.9 Å². The summed E-state index contributed by atoms with van der Waals surface area (Å²) in [6.07, 6.45) is 6.13. The Balaban J connectivity index is 1.15. The molecular weight excluding hydrogens is 1020 g/mol. The van der Waals surface area contributed by atoms with E-state index in [1.807, 2.05) is 6.20 Å². The molecule has 0 amide bonds. The van der Waals surface area contributed by atoms with Crippen LogP contribution in [0.5, 0.6) is 11.5 Å². The molecule has 3 heterocycles. The molecule has 0 unspecified atom stereocenters. The van der Waals surface area contributed by atoms with Crippen LogP contribution in [0.2, 0.25) is 0 Å². The SMILES string of the molecule is CC(C)(C)c1ccnc(-n2c3ccccc3c3c(C(C)(C)C)cc(Oc4cc(-c5ccccc5)cc(-n5[c-][n+](-c6cc(-c7ccccc7)cc(C(C)(C)c7ccccc7)c6)c(C(C)(C)c6ccccc6)c5C(C)(C)c5ccccc5)c4)cc32)c1. The van der Waals surface area contributed by atoms with E-state index >= 15 is 0 Å². The van der Waals surface area contributed by atoms with Crippen LogP contribution in [0.1, 0.15) is 128 Å². The van der Waals surface area contributed by atoms with E-state index in [0.29, 0.717) is 5.75 Å². The number of imidazole rings is 1. The number of hydrogen-bond acceptors (Lipinski definition) is 2. The van der Waals surface area contributed by atoms with E-state index in [9.17, 15) is 0 Å². The second-order valence-electron chi connectivity index (χ2n) is 26.4. The van der Waals surface area contributed by atoms with Crippen molar-refractivity contribution in [2.75, 3.05) is 0 Å². The normalized spacial score (nSPS) is 12.5. The van der Waals surface area contributed by atoms with Crippen LogP contribution in [0.25, 0.3) is 61.3 Å². The molecule has 5 nitrogen and oxygen atoms in total. The molecule has 0 atom stereocenters. The summed E-state index contributed by atoms with van der Waals surface area (Å²) in [6.45, 7) is 27.8. The standard InChI is InChI=1S/C79H76N4O/c1-75(2,3)61-42-43-80-71(49-61)83-69-41-29-28-40-67(69)72-68(76(4,5)6)51-66(52-70(72)83)84-65-47-57(55-32-20-14-21-33-55)46-64(50-65)82-53-81(73(78(9,10)59-36-24-16-25-37-59)74(82)79(11,12)60-38-26-17-27-39-60)63-45-56(54-30-18-13-19-31-54)44-62(48-63)77(7,8)58-34-22-15-23-35-58/h13-52H,1-12H3. The van der Waals surface area contributed by atoms with Gasteiger partial charge in [0.05, 0.1) is 33.8 Å². The average Bonchev–Trinajstić information content (AvgIpc) is 1.75. The van der Waals surface area contributed by atoms with Crippen LogP contribution in [0.3, 0.4) is 0 Å². The minimum absolute atomic E-state index is 0.0676. The van der Waals surface area contributed by atoms with Crippen molar-refractivity contribution in [2.45, 2.75) is 110 Å². The van der Waals surface area contributed by atoms with Crippen molar-refractivity contribution in [3.05, 3.63) is 294 Å². The highest BCUT2D eigenvalue weighted by molar-refractivity contribution is 6.11. The lowest BCUT2D eigenvalue weighted by molar-refractivity contribution is -0.611. The van der Waals surface area contributed by atoms with Gasteiger partial charge in [0.15, 0.2) is 0 Å². The van der Waals surface area contributed by atoms with Crippen LogP contribution in [-0.4, -0.2) is 14.1 Å². The lowest BCUT2D eigenvalue weighted by atomic mass is 9.73. The van der Waals surface area contributed by atoms with Gasteiger partial charge in [-0.15, -0.1) is 0 Å². The lowest BCUT2D eigenvalue weighted by Gasteiger charge is -2.35. The Kier molecular flexibility index (Phi) is 14.1. The van der Waals surface area contributed by atoms with Gasteiger partial charge in [-0.05, 0) is 121 Å². The smallest absolute Gasteiger partial charge is 0.269 e. The summed E-state index contributed by atoms with van der Waals surface area (Å²) in [5.41, 5.74) is 16.2. The maximum Gasteiger partial charge on any atom is 0.269 e. The zero-order chi connectivity index (χ0) is 58.8. The summed E-state index contributed by atoms with van der Waals surface area (Å²) < 4.78 is 14.5. The number of benzene rings is 9. The zero-order valence-electron chi connectivity index (χ0n) is 50.8. The topological polar surface area (TPSA) is 35.9 Å². The van der Waals surface area contributed by atoms with Crippen LogP contribution in [-0.2, 0) is 27.1 Å². The molecule has 418 valence electrons. The van der Waals surface area contributed by atoms with E-state index < -0.39 is 10.8 Å². The Hall–Kier alpha value is -9.06. The Morgan fingerprint density at radius 3 is 1.51 bits per heavy atom. The fourth-order valence-corrected chi connectivity index (χ4v) is 12.5. The number of pyridine rings is 1. The fourth-order valence-electron chi connectivity index (χ4n) is 12.5. The molecule has 9 aromatic carbocycles. The second kappa shape index (κ2) is 21.3. The third kappa shape index (κ3) is 10.2. The molecular formula is C79H76N4O. The summed E-state index contributed by atoms with van der Waals surface area (Å²) in [5.74, 6) is 2.33. The Labute approximate surface area is 497 Å². The summed E-state index contributed by atoms with van der Waals surface area (Å²) in [6, 6.07) is 85.8. The first-order chi connectivity index (χ1) is 40.2. The molecule has 3 aromatic heterocycles. The summed E-state index contributed by atoms with van der Waals surface area (Å²) in [4.78, 5) is 5.07. The Morgan fingerprint density at radius 2 is 0.929 bits per heavy atom. The maximum atomic E-state index is 7.47. The third-order valence-electron chi connectivity index (χ3n) is 17.4. The fraction of sp³-hybridized carbons (Fsp3) is 0.215. The molecule has 12 aromatic rings. The number of hydrogen-bond donors (Lipinski definition) is 0. The molecule has 0 radical (unpaired) electrons. The predicted molar refractivity (Wildman–Crippen MR) is 349 cm³/mol. The molecule has 0 saturated heterocycles. The van der Waals surface area contributed by atoms with Gasteiger partial charge in [0.25, 0.3) is 6.33 Å². The molecule has 0 aliphatic heterocycles. The van der Waals surface area contributed by atoms with Gasteiger partial charge in [-0.2, -0.15) is 0 Å². The molecule has 0 spiro atoms. The van der Waals surface area contributed by atoms with E-state index in [0.717, 1.165) is 67.6 Å². The Bertz CT molecular complexity index is 4340. The molecule has 84 heavy (non-hydrogen) atoms. The number of para-hydroxylation sites is 1. The van der Waals surface area contributed by atoms with Crippen molar-refractivity contribution in [1.29, 1.82) is 0 Å². The number of nitrogens with zero attached hydrogens (tertiary/aromatic N) is 4. The first-order valence-corrected chi connectivity index (χ1v) is 29.6. The summed E-state index contributed by atoms with van der Waals surface area (Å²) in [7, 11) is 0. The summed E-state index contributed by atoms with van der Waals surface area (Å²) >= 11 is 0. The van der Waals surface area contributed by atoms with Gasteiger partial charge in [-0.3, -0.25) is 13.7 Å². The molecule has 0 fully saturated rings. The van der Waals surface area contributed by atoms with E-state index in [2.05, 4.69) is 340 Å². The van der Waals surface area contributed by atoms with Crippen LogP contribution in [0.4, 0.5) is 0 Å². The van der Waals surface area contributed by atoms with Crippen molar-refractivity contribution in [2.24, 2.45) is 0 Å². The van der Waals surface area contributed by atoms with E-state index in [1.165, 1.54) is 44.2 Å². The molecule has 12 rings (SSSR count). The number of aromatic nitrogens is 4. The Morgan fingerprint density at radius 1 is 0.405 bits per heavy atom. The van der Waals surface area contributed by atoms with E-state index in [-0.39, 0.29) is 16.2 Å². The highest BCUT2D eigenvalue weighted by Gasteiger charge is 2.41. The molecule has 0 N–H and O–H groups in total. The van der Waals surface area contributed by atoms with Crippen molar-refractivity contribution < 1.29 is 9.30 Å². The van der Waals surface area contributed by atoms with Gasteiger partial charge >= 0.3 is 0 Å². The van der Waals surface area contributed by atoms with Crippen molar-refractivity contribution in [1.82, 2.24) is 14.1 Å². The third-order valence-corrected chi connectivity index (χ3v) is 17.4. The zero-order valence-corrected chi connectivity index (χ0v) is 50.8. The molecule has 0 saturated carbocycles. The van der Waals surface area contributed by atoms with Gasteiger partial charge in [-0.25, -0.2) is 4.98 Å². The number of ether oxygens (including phenoxy) is 1. The van der Waals surface area contributed by atoms with E-state index in [1.54, 1.807) is 0 Å². The van der Waals surface area contributed by atoms with Gasteiger partial charge in [-0.1, -0.05) is 259 Å². The van der Waals surface area contributed by atoms with Crippen molar-refractivity contribution >= 4 is 21.8 Å². The number of rotatable bonds is 13. The van der Waals surface area contributed by atoms with Gasteiger partial charge in [0.1, 0.15) is 17.3 Å². The largest absolute Gasteiger partial charge is 0.458 e. The summed E-state index contributed by atoms with van der Waals surface area (Å²) in [5, 5.41) is 2.39. The van der Waals surface area contributed by atoms with Crippen LogP contribution >= 0.6 is 0 Å². The van der Waals surface area contributed by atoms with Crippen LogP contribution in [0, 0.1) is 6.33 Å². The van der Waals surface area contributed by atoms with Crippen LogP contribution in [0.15, 0.2) is 243 Å². The van der Waals surface area contributed by atoms with Gasteiger partial charge < -0.3 is 4.74 Å². The minimum atomic E-state index is -0.574.